The van der Waals surface area contributed by atoms with Gasteiger partial charge in [-0.1, -0.05) is 18.2 Å². The van der Waals surface area contributed by atoms with Gasteiger partial charge in [-0.2, -0.15) is 5.10 Å². The zero-order valence-corrected chi connectivity index (χ0v) is 13.7. The van der Waals surface area contributed by atoms with Crippen LogP contribution in [0.25, 0.3) is 0 Å². The Balaban J connectivity index is 1.65. The Bertz CT molecular complexity index is 951. The first kappa shape index (κ1) is 17.3. The number of carbonyl (C=O) groups excluding carboxylic acids is 1. The molecule has 0 aliphatic rings. The van der Waals surface area contributed by atoms with E-state index in [0.29, 0.717) is 5.56 Å². The number of amides is 1. The van der Waals surface area contributed by atoms with Crippen molar-refractivity contribution in [3.05, 3.63) is 59.9 Å². The number of rotatable bonds is 6. The Labute approximate surface area is 147 Å². The topological polar surface area (TPSA) is 115 Å². The van der Waals surface area contributed by atoms with Gasteiger partial charge >= 0.3 is 5.97 Å². The Morgan fingerprint density at radius 1 is 1.27 bits per heavy atom. The van der Waals surface area contributed by atoms with Crippen LogP contribution in [0.3, 0.4) is 0 Å². The fraction of sp³-hybridized carbons (Fsp3) is 0.188. The van der Waals surface area contributed by atoms with Gasteiger partial charge in [0, 0.05) is 11.8 Å². The van der Waals surface area contributed by atoms with E-state index in [1.165, 1.54) is 34.0 Å². The van der Waals surface area contributed by atoms with E-state index < -0.39 is 17.9 Å². The standard InChI is InChI=1S/C16H15FN6O3/c1-10(23-7-6-13(20-23)15(25)26)14(24)19-16-18-9-22(21-16)8-11-4-2-3-5-12(11)17/h2-7,9-10H,8H2,1H3,(H,25,26)(H,19,21,24). The maximum atomic E-state index is 13.7. The molecule has 1 amide bonds. The third kappa shape index (κ3) is 3.74. The predicted molar refractivity (Wildman–Crippen MR) is 88.1 cm³/mol. The number of carbonyl (C=O) groups is 2. The summed E-state index contributed by atoms with van der Waals surface area (Å²) in [6.45, 7) is 1.73. The van der Waals surface area contributed by atoms with Crippen molar-refractivity contribution in [1.29, 1.82) is 0 Å². The Morgan fingerprint density at radius 3 is 2.73 bits per heavy atom. The fourth-order valence-electron chi connectivity index (χ4n) is 2.23. The normalized spacial score (nSPS) is 11.9. The number of anilines is 1. The van der Waals surface area contributed by atoms with Crippen LogP contribution < -0.4 is 5.32 Å². The molecular formula is C16H15FN6O3. The third-order valence-electron chi connectivity index (χ3n) is 3.67. The van der Waals surface area contributed by atoms with Gasteiger partial charge < -0.3 is 5.11 Å². The average molecular weight is 358 g/mol. The number of nitrogens with zero attached hydrogens (tertiary/aromatic N) is 5. The number of benzene rings is 1. The van der Waals surface area contributed by atoms with Crippen LogP contribution in [0.1, 0.15) is 29.0 Å². The van der Waals surface area contributed by atoms with Crippen molar-refractivity contribution in [3.63, 3.8) is 0 Å². The molecule has 3 aromatic rings. The lowest BCUT2D eigenvalue weighted by molar-refractivity contribution is -0.119. The molecule has 26 heavy (non-hydrogen) atoms. The molecule has 10 heteroatoms. The molecule has 2 aromatic heterocycles. The molecule has 0 bridgehead atoms. The smallest absolute Gasteiger partial charge is 0.356 e. The highest BCUT2D eigenvalue weighted by molar-refractivity contribution is 5.92. The molecule has 0 fully saturated rings. The van der Waals surface area contributed by atoms with Crippen LogP contribution >= 0.6 is 0 Å². The van der Waals surface area contributed by atoms with Gasteiger partial charge in [0.15, 0.2) is 5.69 Å². The fourth-order valence-corrected chi connectivity index (χ4v) is 2.23. The minimum absolute atomic E-state index is 0.0591. The molecule has 0 aliphatic heterocycles. The maximum Gasteiger partial charge on any atom is 0.356 e. The number of carboxylic acids is 1. The van der Waals surface area contributed by atoms with Crippen LogP contribution in [-0.2, 0) is 11.3 Å². The van der Waals surface area contributed by atoms with Crippen LogP contribution in [-0.4, -0.2) is 41.5 Å². The molecule has 1 atom stereocenters. The number of nitrogens with one attached hydrogen (secondary N) is 1. The Hall–Kier alpha value is -3.56. The molecule has 0 saturated heterocycles. The highest BCUT2D eigenvalue weighted by Crippen LogP contribution is 2.11. The zero-order valence-electron chi connectivity index (χ0n) is 13.7. The van der Waals surface area contributed by atoms with E-state index >= 15 is 0 Å². The number of hydrogen-bond donors (Lipinski definition) is 2. The van der Waals surface area contributed by atoms with Crippen molar-refractivity contribution in [2.75, 3.05) is 5.32 Å². The van der Waals surface area contributed by atoms with Crippen molar-refractivity contribution >= 4 is 17.8 Å². The van der Waals surface area contributed by atoms with E-state index in [1.54, 1.807) is 25.1 Å². The van der Waals surface area contributed by atoms with Gasteiger partial charge in [0.2, 0.25) is 5.95 Å². The van der Waals surface area contributed by atoms with Crippen LogP contribution in [0.15, 0.2) is 42.9 Å². The lowest BCUT2D eigenvalue weighted by atomic mass is 10.2. The van der Waals surface area contributed by atoms with Gasteiger partial charge in [-0.3, -0.25) is 14.8 Å². The van der Waals surface area contributed by atoms with E-state index in [1.807, 2.05) is 0 Å². The van der Waals surface area contributed by atoms with Gasteiger partial charge in [0.1, 0.15) is 18.2 Å². The minimum atomic E-state index is -1.18. The number of hydrogen-bond acceptors (Lipinski definition) is 5. The summed E-state index contributed by atoms with van der Waals surface area (Å²) in [5, 5.41) is 19.3. The van der Waals surface area contributed by atoms with E-state index in [-0.39, 0.29) is 24.0 Å². The molecular weight excluding hydrogens is 343 g/mol. The van der Waals surface area contributed by atoms with Crippen molar-refractivity contribution in [2.24, 2.45) is 0 Å². The molecule has 0 spiro atoms. The first-order valence-electron chi connectivity index (χ1n) is 7.66. The molecule has 2 N–H and O–H groups in total. The summed E-state index contributed by atoms with van der Waals surface area (Å²) in [5.41, 5.74) is 0.290. The molecule has 0 radical (unpaired) electrons. The number of aromatic nitrogens is 5. The largest absolute Gasteiger partial charge is 0.476 e. The van der Waals surface area contributed by atoms with Crippen molar-refractivity contribution < 1.29 is 19.1 Å². The monoisotopic (exact) mass is 358 g/mol. The molecule has 1 unspecified atom stereocenters. The van der Waals surface area contributed by atoms with Gasteiger partial charge in [-0.15, -0.1) is 5.10 Å². The lowest BCUT2D eigenvalue weighted by Crippen LogP contribution is -2.25. The molecule has 2 heterocycles. The summed E-state index contributed by atoms with van der Waals surface area (Å²) in [4.78, 5) is 27.1. The van der Waals surface area contributed by atoms with Gasteiger partial charge in [-0.25, -0.2) is 18.9 Å². The number of aromatic carboxylic acids is 1. The number of carboxylic acid groups (broad SMARTS) is 1. The number of halogens is 1. The summed E-state index contributed by atoms with van der Waals surface area (Å²) >= 11 is 0. The highest BCUT2D eigenvalue weighted by Gasteiger charge is 2.19. The Kier molecular flexibility index (Phi) is 4.74. The van der Waals surface area contributed by atoms with E-state index in [0.717, 1.165) is 0 Å². The van der Waals surface area contributed by atoms with Crippen LogP contribution in [0.5, 0.6) is 0 Å². The summed E-state index contributed by atoms with van der Waals surface area (Å²) in [7, 11) is 0. The highest BCUT2D eigenvalue weighted by atomic mass is 19.1. The molecule has 0 aliphatic carbocycles. The second-order valence-electron chi connectivity index (χ2n) is 5.51. The summed E-state index contributed by atoms with van der Waals surface area (Å²) in [5.74, 6) is -1.93. The maximum absolute atomic E-state index is 13.7. The third-order valence-corrected chi connectivity index (χ3v) is 3.67. The first-order valence-corrected chi connectivity index (χ1v) is 7.66. The van der Waals surface area contributed by atoms with E-state index in [4.69, 9.17) is 5.11 Å². The molecule has 3 rings (SSSR count). The summed E-state index contributed by atoms with van der Waals surface area (Å²) in [6.07, 6.45) is 2.78. The minimum Gasteiger partial charge on any atom is -0.476 e. The van der Waals surface area contributed by atoms with Crippen LogP contribution in [0.2, 0.25) is 0 Å². The van der Waals surface area contributed by atoms with Gasteiger partial charge in [-0.05, 0) is 19.1 Å². The lowest BCUT2D eigenvalue weighted by Gasteiger charge is -2.10. The second-order valence-corrected chi connectivity index (χ2v) is 5.51. The average Bonchev–Trinajstić information content (AvgIpc) is 3.26. The molecule has 1 aromatic carbocycles. The predicted octanol–water partition coefficient (Wildman–Crippen LogP) is 1.56. The van der Waals surface area contributed by atoms with Crippen molar-refractivity contribution in [1.82, 2.24) is 24.5 Å². The molecule has 134 valence electrons. The Morgan fingerprint density at radius 2 is 2.04 bits per heavy atom. The molecule has 9 nitrogen and oxygen atoms in total. The van der Waals surface area contributed by atoms with Gasteiger partial charge in [0.05, 0.1) is 6.54 Å². The van der Waals surface area contributed by atoms with Crippen molar-refractivity contribution in [3.8, 4) is 0 Å². The molecule has 0 saturated carbocycles. The van der Waals surface area contributed by atoms with Gasteiger partial charge in [0.25, 0.3) is 5.91 Å². The second kappa shape index (κ2) is 7.13. The SMILES string of the molecule is CC(C(=O)Nc1ncn(Cc2ccccc2F)n1)n1ccc(C(=O)O)n1. The summed E-state index contributed by atoms with van der Waals surface area (Å²) < 4.78 is 16.3. The zero-order chi connectivity index (χ0) is 18.7. The quantitative estimate of drug-likeness (QED) is 0.691. The first-order chi connectivity index (χ1) is 12.4. The van der Waals surface area contributed by atoms with E-state index in [2.05, 4.69) is 20.5 Å². The summed E-state index contributed by atoms with van der Waals surface area (Å²) in [6, 6.07) is 6.84. The van der Waals surface area contributed by atoms with Crippen LogP contribution in [0.4, 0.5) is 10.3 Å². The van der Waals surface area contributed by atoms with E-state index in [9.17, 15) is 14.0 Å². The van der Waals surface area contributed by atoms with Crippen molar-refractivity contribution in [2.45, 2.75) is 19.5 Å². The van der Waals surface area contributed by atoms with Crippen LogP contribution in [0, 0.1) is 5.82 Å².